The molecular weight excluding hydrogens is 348 g/mol. The molecule has 25 heavy (non-hydrogen) atoms. The highest BCUT2D eigenvalue weighted by molar-refractivity contribution is 7.89. The molecule has 8 nitrogen and oxygen atoms in total. The fourth-order valence-electron chi connectivity index (χ4n) is 2.69. The van der Waals surface area contributed by atoms with Crippen LogP contribution in [0.3, 0.4) is 0 Å². The van der Waals surface area contributed by atoms with Gasteiger partial charge in [0, 0.05) is 18.6 Å². The summed E-state index contributed by atoms with van der Waals surface area (Å²) in [5, 5.41) is 20.3. The molecule has 0 radical (unpaired) electrons. The first-order valence-electron chi connectivity index (χ1n) is 7.55. The van der Waals surface area contributed by atoms with E-state index in [1.165, 1.54) is 0 Å². The average Bonchev–Trinajstić information content (AvgIpc) is 3.08. The predicted octanol–water partition coefficient (Wildman–Crippen LogP) is 2.02. The molecule has 9 heteroatoms. The summed E-state index contributed by atoms with van der Waals surface area (Å²) in [6.45, 7) is -0.393. The molecule has 3 rings (SSSR count). The molecule has 0 aliphatic carbocycles. The van der Waals surface area contributed by atoms with Crippen LogP contribution in [0.5, 0.6) is 0 Å². The molecule has 2 aromatic carbocycles. The summed E-state index contributed by atoms with van der Waals surface area (Å²) in [7, 11) is -4.05. The molecule has 1 N–H and O–H groups in total. The summed E-state index contributed by atoms with van der Waals surface area (Å²) in [6.07, 6.45) is -0.182. The first kappa shape index (κ1) is 17.5. The van der Waals surface area contributed by atoms with Crippen LogP contribution in [0.25, 0.3) is 0 Å². The monoisotopic (exact) mass is 364 g/mol. The number of nitrogens with zero attached hydrogens (tertiary/aromatic N) is 2. The van der Waals surface area contributed by atoms with Gasteiger partial charge in [0.25, 0.3) is 15.7 Å². The van der Waals surface area contributed by atoms with Crippen LogP contribution in [-0.2, 0) is 14.9 Å². The van der Waals surface area contributed by atoms with Crippen LogP contribution < -0.4 is 0 Å². The van der Waals surface area contributed by atoms with Crippen LogP contribution in [-0.4, -0.2) is 35.6 Å². The van der Waals surface area contributed by atoms with Gasteiger partial charge in [0.2, 0.25) is 0 Å². The van der Waals surface area contributed by atoms with E-state index in [0.29, 0.717) is 6.42 Å². The summed E-state index contributed by atoms with van der Waals surface area (Å²) < 4.78 is 26.4. The number of nitro benzene ring substituents is 1. The van der Waals surface area contributed by atoms with Crippen molar-refractivity contribution in [3.8, 4) is 0 Å². The van der Waals surface area contributed by atoms with Crippen molar-refractivity contribution in [3.63, 3.8) is 0 Å². The number of hydroxylamine groups is 1. The van der Waals surface area contributed by atoms with Crippen molar-refractivity contribution in [2.24, 2.45) is 0 Å². The maximum atomic E-state index is 12.8. The smallest absolute Gasteiger partial charge is 0.269 e. The summed E-state index contributed by atoms with van der Waals surface area (Å²) in [6, 6.07) is 12.9. The van der Waals surface area contributed by atoms with Gasteiger partial charge < -0.3 is 5.11 Å². The Morgan fingerprint density at radius 1 is 1.16 bits per heavy atom. The van der Waals surface area contributed by atoms with Crippen molar-refractivity contribution in [1.29, 1.82) is 0 Å². The first-order valence-corrected chi connectivity index (χ1v) is 8.99. The lowest BCUT2D eigenvalue weighted by Gasteiger charge is -2.20. The van der Waals surface area contributed by atoms with Gasteiger partial charge in [-0.25, -0.2) is 8.42 Å². The highest BCUT2D eigenvalue weighted by Gasteiger charge is 2.42. The molecule has 2 aromatic rings. The molecule has 0 aromatic heterocycles. The minimum atomic E-state index is -4.05. The van der Waals surface area contributed by atoms with Gasteiger partial charge in [0.05, 0.1) is 22.5 Å². The number of hydrogen-bond donors (Lipinski definition) is 1. The number of aliphatic hydroxyl groups is 1. The lowest BCUT2D eigenvalue weighted by Crippen LogP contribution is -2.36. The maximum Gasteiger partial charge on any atom is 0.269 e. The molecule has 1 fully saturated rings. The lowest BCUT2D eigenvalue weighted by molar-refractivity contribution is -0.384. The fraction of sp³-hybridized carbons (Fsp3) is 0.250. The van der Waals surface area contributed by atoms with Gasteiger partial charge >= 0.3 is 0 Å². The van der Waals surface area contributed by atoms with Crippen molar-refractivity contribution in [2.45, 2.75) is 23.5 Å². The summed E-state index contributed by atoms with van der Waals surface area (Å²) in [5.41, 5.74) is 0.601. The van der Waals surface area contributed by atoms with Gasteiger partial charge in [0.1, 0.15) is 6.10 Å². The van der Waals surface area contributed by atoms with E-state index in [1.807, 2.05) is 30.3 Å². The molecule has 1 heterocycles. The van der Waals surface area contributed by atoms with Gasteiger partial charge in [-0.2, -0.15) is 0 Å². The van der Waals surface area contributed by atoms with Crippen LogP contribution in [0.4, 0.5) is 5.69 Å². The third-order valence-corrected chi connectivity index (χ3v) is 5.71. The second-order valence-corrected chi connectivity index (χ2v) is 7.37. The molecule has 0 unspecified atom stereocenters. The molecule has 1 aliphatic rings. The quantitative estimate of drug-likeness (QED) is 0.642. The number of rotatable bonds is 5. The summed E-state index contributed by atoms with van der Waals surface area (Å²) >= 11 is 0. The molecule has 0 bridgehead atoms. The number of sulfonamides is 1. The Bertz CT molecular complexity index is 854. The van der Waals surface area contributed by atoms with Gasteiger partial charge in [0.15, 0.2) is 0 Å². The number of aliphatic hydroxyl groups excluding tert-OH is 1. The summed E-state index contributed by atoms with van der Waals surface area (Å²) in [5.74, 6) is 0. The number of hydrogen-bond acceptors (Lipinski definition) is 6. The van der Waals surface area contributed by atoms with E-state index in [0.717, 1.165) is 34.3 Å². The van der Waals surface area contributed by atoms with Crippen molar-refractivity contribution >= 4 is 15.7 Å². The van der Waals surface area contributed by atoms with Gasteiger partial charge in [-0.05, 0) is 17.7 Å². The van der Waals surface area contributed by atoms with E-state index in [9.17, 15) is 23.6 Å². The fourth-order valence-corrected chi connectivity index (χ4v) is 4.14. The molecule has 0 amide bonds. The second-order valence-electron chi connectivity index (χ2n) is 5.59. The Morgan fingerprint density at radius 2 is 1.80 bits per heavy atom. The van der Waals surface area contributed by atoms with Crippen molar-refractivity contribution in [1.82, 2.24) is 4.47 Å². The standard InChI is InChI=1S/C16H16N2O6S/c19-11-14-10-16(12-4-2-1-3-5-12)24-18(14)25(22,23)15-8-6-13(7-9-15)17(20)21/h1-9,14,16,19H,10-11H2/t14-,16+/m1/s1. The van der Waals surface area contributed by atoms with Crippen LogP contribution in [0.2, 0.25) is 0 Å². The number of non-ortho nitro benzene ring substituents is 1. The highest BCUT2D eigenvalue weighted by Crippen LogP contribution is 2.36. The Labute approximate surface area is 144 Å². The van der Waals surface area contributed by atoms with Crippen LogP contribution in [0.1, 0.15) is 18.1 Å². The Hall–Kier alpha value is -2.33. The van der Waals surface area contributed by atoms with E-state index < -0.39 is 33.7 Å². The van der Waals surface area contributed by atoms with E-state index in [2.05, 4.69) is 0 Å². The number of benzene rings is 2. The third kappa shape index (κ3) is 3.40. The Morgan fingerprint density at radius 3 is 2.36 bits per heavy atom. The van der Waals surface area contributed by atoms with Gasteiger partial charge in [-0.15, -0.1) is 0 Å². The van der Waals surface area contributed by atoms with E-state index in [-0.39, 0.29) is 10.6 Å². The minimum absolute atomic E-state index is 0.134. The molecule has 132 valence electrons. The third-order valence-electron chi connectivity index (χ3n) is 3.98. The minimum Gasteiger partial charge on any atom is -0.395 e. The zero-order valence-electron chi connectivity index (χ0n) is 13.1. The average molecular weight is 364 g/mol. The molecule has 1 saturated heterocycles. The van der Waals surface area contributed by atoms with Crippen molar-refractivity contribution in [3.05, 3.63) is 70.3 Å². The topological polar surface area (TPSA) is 110 Å². The molecule has 0 saturated carbocycles. The zero-order valence-corrected chi connectivity index (χ0v) is 13.9. The highest BCUT2D eigenvalue weighted by atomic mass is 32.2. The van der Waals surface area contributed by atoms with Crippen LogP contribution in [0.15, 0.2) is 59.5 Å². The normalized spacial score (nSPS) is 21.3. The predicted molar refractivity (Wildman–Crippen MR) is 87.9 cm³/mol. The lowest BCUT2D eigenvalue weighted by atomic mass is 10.0. The van der Waals surface area contributed by atoms with Gasteiger partial charge in [-0.3, -0.25) is 15.0 Å². The Balaban J connectivity index is 1.89. The van der Waals surface area contributed by atoms with Crippen LogP contribution in [0, 0.1) is 10.1 Å². The Kier molecular flexibility index (Phi) is 4.82. The first-order chi connectivity index (χ1) is 11.9. The largest absolute Gasteiger partial charge is 0.395 e. The van der Waals surface area contributed by atoms with Crippen LogP contribution >= 0.6 is 0 Å². The number of nitro groups is 1. The molecule has 0 spiro atoms. The van der Waals surface area contributed by atoms with Crippen molar-refractivity contribution in [2.75, 3.05) is 6.61 Å². The van der Waals surface area contributed by atoms with Gasteiger partial charge in [-0.1, -0.05) is 34.8 Å². The van der Waals surface area contributed by atoms with Crippen molar-refractivity contribution < 1.29 is 23.3 Å². The zero-order chi connectivity index (χ0) is 18.0. The second kappa shape index (κ2) is 6.89. The SMILES string of the molecule is O=[N+]([O-])c1ccc(S(=O)(=O)N2O[C@H](c3ccccc3)C[C@@H]2CO)cc1. The maximum absolute atomic E-state index is 12.8. The molecular formula is C16H16N2O6S. The summed E-state index contributed by atoms with van der Waals surface area (Å²) in [4.78, 5) is 15.6. The molecule has 2 atom stereocenters. The van der Waals surface area contributed by atoms with E-state index >= 15 is 0 Å². The van der Waals surface area contributed by atoms with E-state index in [4.69, 9.17) is 4.84 Å². The van der Waals surface area contributed by atoms with E-state index in [1.54, 1.807) is 0 Å². The molecule has 1 aliphatic heterocycles.